The second-order valence-corrected chi connectivity index (χ2v) is 5.44. The van der Waals surface area contributed by atoms with Crippen molar-refractivity contribution in [1.29, 1.82) is 0 Å². The van der Waals surface area contributed by atoms with Crippen molar-refractivity contribution in [2.24, 2.45) is 0 Å². The second-order valence-electron chi connectivity index (χ2n) is 4.45. The smallest absolute Gasteiger partial charge is 0.230 e. The zero-order valence-electron chi connectivity index (χ0n) is 12.1. The van der Waals surface area contributed by atoms with Crippen LogP contribution in [0.25, 0.3) is 0 Å². The normalized spacial score (nSPS) is 15.0. The fourth-order valence-electron chi connectivity index (χ4n) is 1.86. The quantitative estimate of drug-likeness (QED) is 0.437. The van der Waals surface area contributed by atoms with Gasteiger partial charge in [-0.15, -0.1) is 0 Å². The molecule has 8 heteroatoms. The predicted octanol–water partition coefficient (Wildman–Crippen LogP) is 0.168. The number of amides is 1. The van der Waals surface area contributed by atoms with Gasteiger partial charge in [-0.25, -0.2) is 9.97 Å². The number of carbonyl (C=O) groups excluding carboxylic acids is 1. The molecule has 0 radical (unpaired) electrons. The van der Waals surface area contributed by atoms with Gasteiger partial charge in [-0.2, -0.15) is 0 Å². The van der Waals surface area contributed by atoms with E-state index in [1.807, 2.05) is 6.07 Å². The molecule has 0 aliphatic carbocycles. The lowest BCUT2D eigenvalue weighted by molar-refractivity contribution is -0.118. The number of nitrogens with one attached hydrogen (secondary N) is 1. The highest BCUT2D eigenvalue weighted by Gasteiger charge is 2.13. The van der Waals surface area contributed by atoms with Gasteiger partial charge in [0.25, 0.3) is 0 Å². The van der Waals surface area contributed by atoms with E-state index in [-0.39, 0.29) is 5.91 Å². The van der Waals surface area contributed by atoms with E-state index < -0.39 is 0 Å². The maximum atomic E-state index is 11.6. The zero-order valence-corrected chi connectivity index (χ0v) is 12.9. The number of methoxy groups -OCH3 is 1. The predicted molar refractivity (Wildman–Crippen MR) is 80.7 cm³/mol. The molecule has 1 aromatic heterocycles. The molecule has 21 heavy (non-hydrogen) atoms. The number of rotatable bonds is 7. The molecule has 0 spiro atoms. The largest absolute Gasteiger partial charge is 0.383 e. The van der Waals surface area contributed by atoms with Crippen molar-refractivity contribution in [2.75, 3.05) is 57.2 Å². The Morgan fingerprint density at radius 3 is 3.05 bits per heavy atom. The van der Waals surface area contributed by atoms with E-state index in [1.54, 1.807) is 7.11 Å². The molecule has 1 aliphatic heterocycles. The Hall–Kier alpha value is -1.38. The molecular weight excluding hydrogens is 292 g/mol. The fraction of sp³-hybridized carbons (Fsp3) is 0.615. The van der Waals surface area contributed by atoms with E-state index in [2.05, 4.69) is 20.2 Å². The van der Waals surface area contributed by atoms with Gasteiger partial charge in [0.15, 0.2) is 0 Å². The number of thioether (sulfide) groups is 1. The Morgan fingerprint density at radius 2 is 2.29 bits per heavy atom. The van der Waals surface area contributed by atoms with Crippen LogP contribution in [0.3, 0.4) is 0 Å². The molecule has 0 bridgehead atoms. The molecule has 0 saturated carbocycles. The third-order valence-corrected chi connectivity index (χ3v) is 3.87. The van der Waals surface area contributed by atoms with Crippen LogP contribution < -0.4 is 10.2 Å². The van der Waals surface area contributed by atoms with Crippen molar-refractivity contribution in [1.82, 2.24) is 15.3 Å². The highest BCUT2D eigenvalue weighted by Crippen LogP contribution is 2.20. The van der Waals surface area contributed by atoms with E-state index in [4.69, 9.17) is 9.47 Å². The summed E-state index contributed by atoms with van der Waals surface area (Å²) >= 11 is 1.40. The lowest BCUT2D eigenvalue weighted by Gasteiger charge is -2.27. The summed E-state index contributed by atoms with van der Waals surface area (Å²) in [6.07, 6.45) is 1.54. The van der Waals surface area contributed by atoms with E-state index in [0.29, 0.717) is 32.1 Å². The Bertz CT molecular complexity index is 455. The highest BCUT2D eigenvalue weighted by molar-refractivity contribution is 7.99. The minimum atomic E-state index is -0.0245. The molecule has 116 valence electrons. The second kappa shape index (κ2) is 8.81. The van der Waals surface area contributed by atoms with Gasteiger partial charge < -0.3 is 19.7 Å². The van der Waals surface area contributed by atoms with E-state index in [1.165, 1.54) is 18.1 Å². The topological polar surface area (TPSA) is 76.6 Å². The molecular formula is C13H20N4O3S. The van der Waals surface area contributed by atoms with Crippen LogP contribution in [-0.2, 0) is 14.3 Å². The van der Waals surface area contributed by atoms with Crippen molar-refractivity contribution >= 4 is 23.5 Å². The molecule has 0 aromatic carbocycles. The number of hydrogen-bond acceptors (Lipinski definition) is 7. The molecule has 1 saturated heterocycles. The minimum absolute atomic E-state index is 0.0245. The van der Waals surface area contributed by atoms with Gasteiger partial charge in [-0.05, 0) is 0 Å². The molecule has 0 unspecified atom stereocenters. The highest BCUT2D eigenvalue weighted by atomic mass is 32.2. The van der Waals surface area contributed by atoms with Crippen LogP contribution in [0.5, 0.6) is 0 Å². The van der Waals surface area contributed by atoms with Crippen molar-refractivity contribution in [3.63, 3.8) is 0 Å². The number of aromatic nitrogens is 2. The summed E-state index contributed by atoms with van der Waals surface area (Å²) < 4.78 is 10.2. The van der Waals surface area contributed by atoms with E-state index in [9.17, 15) is 4.79 Å². The number of nitrogens with zero attached hydrogens (tertiary/aromatic N) is 3. The van der Waals surface area contributed by atoms with Crippen LogP contribution >= 0.6 is 11.8 Å². The summed E-state index contributed by atoms with van der Waals surface area (Å²) in [5.41, 5.74) is 0. The number of carbonyl (C=O) groups is 1. The van der Waals surface area contributed by atoms with Gasteiger partial charge in [0, 0.05) is 32.8 Å². The number of hydrogen-bond donors (Lipinski definition) is 1. The molecule has 1 N–H and O–H groups in total. The molecule has 1 aromatic rings. The summed E-state index contributed by atoms with van der Waals surface area (Å²) in [6, 6.07) is 1.92. The van der Waals surface area contributed by atoms with Gasteiger partial charge in [-0.3, -0.25) is 4.79 Å². The molecule has 2 rings (SSSR count). The molecule has 7 nitrogen and oxygen atoms in total. The van der Waals surface area contributed by atoms with E-state index >= 15 is 0 Å². The summed E-state index contributed by atoms with van der Waals surface area (Å²) in [4.78, 5) is 22.3. The van der Waals surface area contributed by atoms with Gasteiger partial charge in [0.05, 0.1) is 25.6 Å². The molecule has 0 atom stereocenters. The van der Waals surface area contributed by atoms with E-state index in [0.717, 1.165) is 23.9 Å². The summed E-state index contributed by atoms with van der Waals surface area (Å²) in [6.45, 7) is 4.14. The Balaban J connectivity index is 1.81. The maximum absolute atomic E-state index is 11.6. The zero-order chi connectivity index (χ0) is 14.9. The SMILES string of the molecule is COCCNC(=O)CSc1cc(N2CCOCC2)ncn1. The summed E-state index contributed by atoms with van der Waals surface area (Å²) in [7, 11) is 1.61. The maximum Gasteiger partial charge on any atom is 0.230 e. The third kappa shape index (κ3) is 5.49. The molecule has 2 heterocycles. The van der Waals surface area contributed by atoms with Crippen LogP contribution in [-0.4, -0.2) is 68.2 Å². The van der Waals surface area contributed by atoms with Crippen LogP contribution in [0.2, 0.25) is 0 Å². The number of anilines is 1. The summed E-state index contributed by atoms with van der Waals surface area (Å²) in [5.74, 6) is 1.20. The molecule has 1 amide bonds. The minimum Gasteiger partial charge on any atom is -0.383 e. The number of morpholine rings is 1. The van der Waals surface area contributed by atoms with Crippen molar-refractivity contribution in [3.05, 3.63) is 12.4 Å². The Labute approximate surface area is 128 Å². The first-order chi connectivity index (χ1) is 10.3. The molecule has 1 aliphatic rings. The first-order valence-corrected chi connectivity index (χ1v) is 7.81. The lowest BCUT2D eigenvalue weighted by Crippen LogP contribution is -2.36. The summed E-state index contributed by atoms with van der Waals surface area (Å²) in [5, 5.41) is 3.58. The number of ether oxygens (including phenoxy) is 2. The van der Waals surface area contributed by atoms with Gasteiger partial charge >= 0.3 is 0 Å². The van der Waals surface area contributed by atoms with Gasteiger partial charge in [0.1, 0.15) is 17.2 Å². The third-order valence-electron chi connectivity index (χ3n) is 2.94. The van der Waals surface area contributed by atoms with Crippen LogP contribution in [0, 0.1) is 0 Å². The lowest BCUT2D eigenvalue weighted by atomic mass is 10.4. The standard InChI is InChI=1S/C13H20N4O3S/c1-19-5-2-14-12(18)9-21-13-8-11(15-10-16-13)17-3-6-20-7-4-17/h8,10H,2-7,9H2,1H3,(H,14,18). The van der Waals surface area contributed by atoms with Crippen LogP contribution in [0.15, 0.2) is 17.4 Å². The van der Waals surface area contributed by atoms with Crippen molar-refractivity contribution in [3.8, 4) is 0 Å². The Morgan fingerprint density at radius 1 is 1.48 bits per heavy atom. The average molecular weight is 312 g/mol. The van der Waals surface area contributed by atoms with Gasteiger partial charge in [-0.1, -0.05) is 11.8 Å². The first kappa shape index (κ1) is 16.0. The molecule has 1 fully saturated rings. The fourth-order valence-corrected chi connectivity index (χ4v) is 2.55. The van der Waals surface area contributed by atoms with Crippen LogP contribution in [0.4, 0.5) is 5.82 Å². The van der Waals surface area contributed by atoms with Crippen molar-refractivity contribution < 1.29 is 14.3 Å². The van der Waals surface area contributed by atoms with Crippen molar-refractivity contribution in [2.45, 2.75) is 5.03 Å². The monoisotopic (exact) mass is 312 g/mol. The van der Waals surface area contributed by atoms with Gasteiger partial charge in [0.2, 0.25) is 5.91 Å². The van der Waals surface area contributed by atoms with Crippen LogP contribution in [0.1, 0.15) is 0 Å². The Kier molecular flexibility index (Phi) is 6.71. The average Bonchev–Trinajstić information content (AvgIpc) is 2.54. The first-order valence-electron chi connectivity index (χ1n) is 6.83.